The van der Waals surface area contributed by atoms with Gasteiger partial charge in [-0.25, -0.2) is 14.2 Å². The molecule has 5 rings (SSSR count). The van der Waals surface area contributed by atoms with Crippen molar-refractivity contribution >= 4 is 22.8 Å². The molecule has 1 aromatic heterocycles. The number of aliphatic imine (C=N–C) groups is 1. The van der Waals surface area contributed by atoms with E-state index in [1.807, 2.05) is 6.07 Å². The number of amidine groups is 1. The molecule has 0 aliphatic carbocycles. The molecule has 3 heterocycles. The van der Waals surface area contributed by atoms with Crippen molar-refractivity contribution in [1.82, 2.24) is 14.5 Å². The third kappa shape index (κ3) is 6.47. The van der Waals surface area contributed by atoms with Gasteiger partial charge in [0.15, 0.2) is 0 Å². The van der Waals surface area contributed by atoms with E-state index in [4.69, 9.17) is 19.7 Å². The lowest BCUT2D eigenvalue weighted by molar-refractivity contribution is -0.0590. The Morgan fingerprint density at radius 2 is 2.05 bits per heavy atom. The number of imidazole rings is 1. The molecule has 2 fully saturated rings. The van der Waals surface area contributed by atoms with E-state index in [1.165, 1.54) is 18.2 Å². The predicted molar refractivity (Wildman–Crippen MR) is 152 cm³/mol. The largest absolute Gasteiger partial charge is 0.478 e. The van der Waals surface area contributed by atoms with Gasteiger partial charge >= 0.3 is 5.97 Å². The zero-order valence-corrected chi connectivity index (χ0v) is 22.8. The van der Waals surface area contributed by atoms with Crippen LogP contribution in [0.1, 0.15) is 46.6 Å². The van der Waals surface area contributed by atoms with E-state index in [2.05, 4.69) is 27.6 Å². The number of halogens is 1. The minimum Gasteiger partial charge on any atom is -0.478 e. The molecule has 0 amide bonds. The fourth-order valence-corrected chi connectivity index (χ4v) is 5.22. The molecule has 1 atom stereocenters. The van der Waals surface area contributed by atoms with Gasteiger partial charge in [-0.3, -0.25) is 0 Å². The molecule has 1 unspecified atom stereocenters. The smallest absolute Gasteiger partial charge is 0.335 e. The minimum atomic E-state index is -0.956. The Hall–Kier alpha value is -4.49. The van der Waals surface area contributed by atoms with Gasteiger partial charge in [0.05, 0.1) is 40.9 Å². The molecule has 10 heteroatoms. The molecule has 2 saturated heterocycles. The molecule has 2 aliphatic rings. The van der Waals surface area contributed by atoms with Crippen molar-refractivity contribution in [2.75, 3.05) is 19.7 Å². The fourth-order valence-electron chi connectivity index (χ4n) is 5.22. The number of carboxylic acids is 1. The zero-order valence-electron chi connectivity index (χ0n) is 22.8. The summed E-state index contributed by atoms with van der Waals surface area (Å²) in [5.41, 5.74) is 2.43. The van der Waals surface area contributed by atoms with Crippen LogP contribution in [0.15, 0.2) is 66.5 Å². The minimum absolute atomic E-state index is 0.0484. The van der Waals surface area contributed by atoms with Crippen molar-refractivity contribution in [3.8, 4) is 6.07 Å². The first-order chi connectivity index (χ1) is 19.8. The van der Waals surface area contributed by atoms with Crippen molar-refractivity contribution in [1.29, 1.82) is 5.26 Å². The predicted octanol–water partition coefficient (Wildman–Crippen LogP) is 5.06. The van der Waals surface area contributed by atoms with Crippen molar-refractivity contribution in [3.05, 3.63) is 89.8 Å². The van der Waals surface area contributed by atoms with Crippen LogP contribution in [0.3, 0.4) is 0 Å². The first-order valence-electron chi connectivity index (χ1n) is 13.6. The van der Waals surface area contributed by atoms with E-state index in [1.54, 1.807) is 24.3 Å². The highest BCUT2D eigenvalue weighted by atomic mass is 19.1. The third-order valence-electron chi connectivity index (χ3n) is 7.66. The molecule has 212 valence electrons. The van der Waals surface area contributed by atoms with Crippen molar-refractivity contribution in [3.63, 3.8) is 0 Å². The van der Waals surface area contributed by atoms with Crippen LogP contribution in [-0.2, 0) is 29.0 Å². The third-order valence-corrected chi connectivity index (χ3v) is 7.66. The van der Waals surface area contributed by atoms with Gasteiger partial charge in [0.1, 0.15) is 24.1 Å². The quantitative estimate of drug-likeness (QED) is 0.211. The van der Waals surface area contributed by atoms with E-state index in [-0.39, 0.29) is 29.7 Å². The summed E-state index contributed by atoms with van der Waals surface area (Å²) in [5.74, 6) is 0.673. The van der Waals surface area contributed by atoms with Crippen LogP contribution in [0, 0.1) is 23.1 Å². The van der Waals surface area contributed by atoms with Crippen LogP contribution >= 0.6 is 0 Å². The Morgan fingerprint density at radius 1 is 1.27 bits per heavy atom. The number of nitriles is 1. The number of fused-ring (bicyclic) bond motifs is 1. The number of rotatable bonds is 10. The molecular formula is C31H32FN5O4. The first kappa shape index (κ1) is 28.1. The number of likely N-dealkylation sites (tertiary alicyclic amines) is 1. The Balaban J connectivity index is 1.21. The summed E-state index contributed by atoms with van der Waals surface area (Å²) < 4.78 is 27.5. The summed E-state index contributed by atoms with van der Waals surface area (Å²) in [4.78, 5) is 23.1. The van der Waals surface area contributed by atoms with Crippen LogP contribution in [0.2, 0.25) is 0 Å². The zero-order chi connectivity index (χ0) is 28.9. The maximum atomic E-state index is 14.2. The van der Waals surface area contributed by atoms with Gasteiger partial charge in [-0.1, -0.05) is 12.6 Å². The molecule has 41 heavy (non-hydrogen) atoms. The molecule has 0 spiro atoms. The fraction of sp³-hybridized carbons (Fsp3) is 0.355. The Bertz CT molecular complexity index is 1540. The molecule has 2 aliphatic heterocycles. The van der Waals surface area contributed by atoms with E-state index < -0.39 is 11.8 Å². The second-order valence-electron chi connectivity index (χ2n) is 10.3. The molecule has 0 saturated carbocycles. The highest BCUT2D eigenvalue weighted by Crippen LogP contribution is 2.27. The van der Waals surface area contributed by atoms with Crippen LogP contribution < -0.4 is 0 Å². The van der Waals surface area contributed by atoms with Crippen molar-refractivity contribution in [2.45, 2.75) is 44.9 Å². The van der Waals surface area contributed by atoms with E-state index in [0.717, 1.165) is 62.2 Å². The van der Waals surface area contributed by atoms with Gasteiger partial charge in [-0.15, -0.1) is 0 Å². The van der Waals surface area contributed by atoms with Crippen molar-refractivity contribution in [2.24, 2.45) is 10.9 Å². The lowest BCUT2D eigenvalue weighted by atomic mass is 9.93. The standard InChI is InChI=1S/C31H32FN5O4/c1-3-29(34-20(2)41-19-24-5-4-22(17-33)14-26(24)32)36-11-8-21(9-12-36)15-30-35-27-7-6-23(31(38)39)16-28(27)37(30)18-25-10-13-40-25/h3-7,14,16,21,25H,1-2,8-13,15,18-19H2,(H,38,39)/b34-29+. The van der Waals surface area contributed by atoms with Gasteiger partial charge in [0.25, 0.3) is 0 Å². The second kappa shape index (κ2) is 12.4. The van der Waals surface area contributed by atoms with Crippen LogP contribution in [-0.4, -0.2) is 57.2 Å². The topological polar surface area (TPSA) is 113 Å². The first-order valence-corrected chi connectivity index (χ1v) is 13.6. The van der Waals surface area contributed by atoms with Crippen molar-refractivity contribution < 1.29 is 23.8 Å². The second-order valence-corrected chi connectivity index (χ2v) is 10.3. The van der Waals surface area contributed by atoms with E-state index in [9.17, 15) is 14.3 Å². The van der Waals surface area contributed by atoms with Crippen LogP contribution in [0.25, 0.3) is 11.0 Å². The Labute approximate surface area is 237 Å². The lowest BCUT2D eigenvalue weighted by Crippen LogP contribution is -2.38. The number of ether oxygens (including phenoxy) is 2. The highest BCUT2D eigenvalue weighted by Gasteiger charge is 2.26. The lowest BCUT2D eigenvalue weighted by Gasteiger charge is -2.33. The normalized spacial score (nSPS) is 17.6. The molecule has 9 nitrogen and oxygen atoms in total. The molecule has 0 bridgehead atoms. The Kier molecular flexibility index (Phi) is 8.45. The average Bonchev–Trinajstić information content (AvgIpc) is 3.29. The summed E-state index contributed by atoms with van der Waals surface area (Å²) in [5, 5.41) is 18.4. The number of hydrogen-bond acceptors (Lipinski definition) is 6. The number of carbonyl (C=O) groups is 1. The van der Waals surface area contributed by atoms with E-state index in [0.29, 0.717) is 23.9 Å². The van der Waals surface area contributed by atoms with Crippen LogP contribution in [0.4, 0.5) is 4.39 Å². The van der Waals surface area contributed by atoms with Gasteiger partial charge in [-0.2, -0.15) is 10.3 Å². The number of hydrogen-bond donors (Lipinski definition) is 1. The number of nitrogens with zero attached hydrogens (tertiary/aromatic N) is 5. The summed E-state index contributed by atoms with van der Waals surface area (Å²) >= 11 is 0. The van der Waals surface area contributed by atoms with Crippen LogP contribution in [0.5, 0.6) is 0 Å². The molecule has 0 radical (unpaired) electrons. The van der Waals surface area contributed by atoms with E-state index >= 15 is 0 Å². The van der Waals surface area contributed by atoms with Gasteiger partial charge < -0.3 is 24.0 Å². The number of carboxylic acid groups (broad SMARTS) is 1. The summed E-state index contributed by atoms with van der Waals surface area (Å²) in [6, 6.07) is 11.2. The number of piperidine rings is 1. The van der Waals surface area contributed by atoms with Gasteiger partial charge in [0.2, 0.25) is 5.88 Å². The number of benzene rings is 2. The maximum Gasteiger partial charge on any atom is 0.335 e. The molecule has 2 aromatic carbocycles. The monoisotopic (exact) mass is 557 g/mol. The van der Waals surface area contributed by atoms with Gasteiger partial charge in [0, 0.05) is 31.7 Å². The summed E-state index contributed by atoms with van der Waals surface area (Å²) in [6.45, 7) is 10.6. The molecular weight excluding hydrogens is 525 g/mol. The molecule has 1 N–H and O–H groups in total. The summed E-state index contributed by atoms with van der Waals surface area (Å²) in [6.07, 6.45) is 5.38. The average molecular weight is 558 g/mol. The summed E-state index contributed by atoms with van der Waals surface area (Å²) in [7, 11) is 0. The molecule has 3 aromatic rings. The highest BCUT2D eigenvalue weighted by molar-refractivity contribution is 5.93. The van der Waals surface area contributed by atoms with Gasteiger partial charge in [-0.05, 0) is 68.2 Å². The SMILES string of the molecule is C=C/C(=N\C(=C)OCc1ccc(C#N)cc1F)N1CCC(Cc2nc3ccc(C(=O)O)cc3n2CC2CCO2)CC1. The number of aromatic carboxylic acids is 1. The maximum absolute atomic E-state index is 14.2. The Morgan fingerprint density at radius 3 is 2.68 bits per heavy atom. The number of aromatic nitrogens is 2.